The Bertz CT molecular complexity index is 370. The first-order chi connectivity index (χ1) is 5.97. The van der Waals surface area contributed by atoms with Crippen molar-refractivity contribution in [2.45, 2.75) is 13.0 Å². The molecule has 0 aromatic carbocycles. The quantitative estimate of drug-likeness (QED) is 0.660. The summed E-state index contributed by atoms with van der Waals surface area (Å²) in [6.45, 7) is 0.428. The highest BCUT2D eigenvalue weighted by Crippen LogP contribution is 1.98. The van der Waals surface area contributed by atoms with Gasteiger partial charge in [0, 0.05) is 12.7 Å². The van der Waals surface area contributed by atoms with Crippen LogP contribution in [0.2, 0.25) is 0 Å². The minimum absolute atomic E-state index is 0.257. The van der Waals surface area contributed by atoms with Crippen LogP contribution >= 0.6 is 0 Å². The molecule has 13 heavy (non-hydrogen) atoms. The van der Waals surface area contributed by atoms with E-state index in [0.29, 0.717) is 18.8 Å². The normalized spacial score (nSPS) is 11.8. The molecule has 0 radical (unpaired) electrons. The van der Waals surface area contributed by atoms with Crippen molar-refractivity contribution in [2.75, 3.05) is 11.5 Å². The standard InChI is InChI=1S/C6H11N3O3S/c7-6-2-4-9(8-6)3-1-5-13(10,11)12/h2,4H,1,3,5H2,(H2,7,8)(H,10,11,12). The molecule has 0 bridgehead atoms. The molecule has 1 aromatic heterocycles. The second kappa shape index (κ2) is 3.75. The second-order valence-corrected chi connectivity index (χ2v) is 4.22. The fraction of sp³-hybridized carbons (Fsp3) is 0.500. The maximum atomic E-state index is 10.3. The van der Waals surface area contributed by atoms with Gasteiger partial charge in [-0.1, -0.05) is 0 Å². The highest BCUT2D eigenvalue weighted by molar-refractivity contribution is 7.85. The molecule has 0 saturated carbocycles. The third kappa shape index (κ3) is 3.90. The number of hydrogen-bond acceptors (Lipinski definition) is 4. The van der Waals surface area contributed by atoms with Gasteiger partial charge in [0.1, 0.15) is 5.82 Å². The van der Waals surface area contributed by atoms with Gasteiger partial charge in [0.25, 0.3) is 10.1 Å². The van der Waals surface area contributed by atoms with Crippen LogP contribution in [0.5, 0.6) is 0 Å². The van der Waals surface area contributed by atoms with Crippen LogP contribution in [0, 0.1) is 0 Å². The molecule has 0 aliphatic rings. The third-order valence-corrected chi connectivity index (χ3v) is 2.26. The molecule has 0 aliphatic carbocycles. The van der Waals surface area contributed by atoms with Crippen molar-refractivity contribution >= 4 is 15.9 Å². The zero-order valence-electron chi connectivity index (χ0n) is 6.92. The predicted molar refractivity (Wildman–Crippen MR) is 47.7 cm³/mol. The number of aryl methyl sites for hydroxylation is 1. The number of rotatable bonds is 4. The number of nitrogen functional groups attached to an aromatic ring is 1. The van der Waals surface area contributed by atoms with Crippen LogP contribution in [-0.2, 0) is 16.7 Å². The Hall–Kier alpha value is -1.08. The molecule has 3 N–H and O–H groups in total. The first kappa shape index (κ1) is 10.0. The second-order valence-electron chi connectivity index (χ2n) is 2.64. The fourth-order valence-corrected chi connectivity index (χ4v) is 1.40. The summed E-state index contributed by atoms with van der Waals surface area (Å²) in [6.07, 6.45) is 1.97. The molecule has 1 heterocycles. The Labute approximate surface area is 76.1 Å². The lowest BCUT2D eigenvalue weighted by atomic mass is 10.5. The van der Waals surface area contributed by atoms with Crippen LogP contribution in [0.25, 0.3) is 0 Å². The zero-order chi connectivity index (χ0) is 9.90. The summed E-state index contributed by atoms with van der Waals surface area (Å²) in [7, 11) is -3.86. The number of hydrogen-bond donors (Lipinski definition) is 2. The molecular weight excluding hydrogens is 194 g/mol. The van der Waals surface area contributed by atoms with Gasteiger partial charge in [-0.15, -0.1) is 0 Å². The molecule has 1 rings (SSSR count). The average molecular weight is 205 g/mol. The van der Waals surface area contributed by atoms with E-state index >= 15 is 0 Å². The molecule has 0 aliphatic heterocycles. The van der Waals surface area contributed by atoms with E-state index in [1.807, 2.05) is 0 Å². The van der Waals surface area contributed by atoms with Crippen molar-refractivity contribution in [2.24, 2.45) is 0 Å². The zero-order valence-corrected chi connectivity index (χ0v) is 7.74. The lowest BCUT2D eigenvalue weighted by molar-refractivity contribution is 0.476. The molecular formula is C6H11N3O3S. The highest BCUT2D eigenvalue weighted by atomic mass is 32.2. The lowest BCUT2D eigenvalue weighted by Crippen LogP contribution is -2.08. The molecule has 0 atom stereocenters. The third-order valence-electron chi connectivity index (χ3n) is 1.45. The van der Waals surface area contributed by atoms with Gasteiger partial charge in [0.05, 0.1) is 5.75 Å². The van der Waals surface area contributed by atoms with E-state index < -0.39 is 10.1 Å². The topological polar surface area (TPSA) is 98.2 Å². The van der Waals surface area contributed by atoms with Gasteiger partial charge in [-0.3, -0.25) is 9.23 Å². The van der Waals surface area contributed by atoms with Crippen molar-refractivity contribution in [3.05, 3.63) is 12.3 Å². The smallest absolute Gasteiger partial charge is 0.264 e. The summed E-state index contributed by atoms with van der Waals surface area (Å²) in [4.78, 5) is 0. The van der Waals surface area contributed by atoms with Gasteiger partial charge in [0.15, 0.2) is 0 Å². The first-order valence-electron chi connectivity index (χ1n) is 3.71. The van der Waals surface area contributed by atoms with Gasteiger partial charge in [-0.25, -0.2) is 0 Å². The lowest BCUT2D eigenvalue weighted by Gasteiger charge is -1.98. The van der Waals surface area contributed by atoms with Gasteiger partial charge in [0.2, 0.25) is 0 Å². The monoisotopic (exact) mass is 205 g/mol. The predicted octanol–water partition coefficient (Wildman–Crippen LogP) is -0.257. The fourth-order valence-electron chi connectivity index (χ4n) is 0.911. The maximum absolute atomic E-state index is 10.3. The van der Waals surface area contributed by atoms with Crippen LogP contribution in [0.1, 0.15) is 6.42 Å². The number of anilines is 1. The molecule has 0 amide bonds. The molecule has 0 fully saturated rings. The summed E-state index contributed by atoms with van der Waals surface area (Å²) in [5.41, 5.74) is 5.34. The first-order valence-corrected chi connectivity index (χ1v) is 5.32. The largest absolute Gasteiger partial charge is 0.382 e. The van der Waals surface area contributed by atoms with Crippen molar-refractivity contribution in [3.63, 3.8) is 0 Å². The summed E-state index contributed by atoms with van der Waals surface area (Å²) < 4.78 is 30.6. The van der Waals surface area contributed by atoms with E-state index in [-0.39, 0.29) is 5.75 Å². The SMILES string of the molecule is Nc1ccn(CCCS(=O)(=O)O)n1. The van der Waals surface area contributed by atoms with Crippen LogP contribution in [0.3, 0.4) is 0 Å². The maximum Gasteiger partial charge on any atom is 0.264 e. The average Bonchev–Trinajstić information content (AvgIpc) is 2.33. The number of nitrogens with zero attached hydrogens (tertiary/aromatic N) is 2. The molecule has 74 valence electrons. The van der Waals surface area contributed by atoms with Crippen LogP contribution in [-0.4, -0.2) is 28.5 Å². The number of aromatic nitrogens is 2. The molecule has 6 nitrogen and oxygen atoms in total. The van der Waals surface area contributed by atoms with Crippen molar-refractivity contribution in [1.29, 1.82) is 0 Å². The summed E-state index contributed by atoms with van der Waals surface area (Å²) in [5, 5.41) is 3.85. The minimum Gasteiger partial charge on any atom is -0.382 e. The molecule has 1 aromatic rings. The van der Waals surface area contributed by atoms with Gasteiger partial charge in [-0.2, -0.15) is 13.5 Å². The molecule has 0 spiro atoms. The van der Waals surface area contributed by atoms with E-state index in [2.05, 4.69) is 5.10 Å². The van der Waals surface area contributed by atoms with Crippen molar-refractivity contribution < 1.29 is 13.0 Å². The number of nitrogens with two attached hydrogens (primary N) is 1. The van der Waals surface area contributed by atoms with Gasteiger partial charge in [-0.05, 0) is 12.5 Å². The Morgan fingerprint density at radius 1 is 1.62 bits per heavy atom. The van der Waals surface area contributed by atoms with Crippen molar-refractivity contribution in [3.8, 4) is 0 Å². The molecule has 7 heteroatoms. The van der Waals surface area contributed by atoms with Gasteiger partial charge < -0.3 is 5.73 Å². The van der Waals surface area contributed by atoms with Gasteiger partial charge >= 0.3 is 0 Å². The Balaban J connectivity index is 2.36. The van der Waals surface area contributed by atoms with Crippen molar-refractivity contribution in [1.82, 2.24) is 9.78 Å². The Kier molecular flexibility index (Phi) is 2.89. The van der Waals surface area contributed by atoms with Crippen LogP contribution in [0.4, 0.5) is 5.82 Å². The summed E-state index contributed by atoms with van der Waals surface area (Å²) in [5.74, 6) is 0.138. The highest BCUT2D eigenvalue weighted by Gasteiger charge is 2.03. The van der Waals surface area contributed by atoms with E-state index in [1.165, 1.54) is 4.68 Å². The van der Waals surface area contributed by atoms with Crippen LogP contribution < -0.4 is 5.73 Å². The minimum atomic E-state index is -3.86. The van der Waals surface area contributed by atoms with E-state index in [1.54, 1.807) is 12.3 Å². The van der Waals surface area contributed by atoms with Crippen LogP contribution in [0.15, 0.2) is 12.3 Å². The van der Waals surface area contributed by atoms with E-state index in [0.717, 1.165) is 0 Å². The Morgan fingerprint density at radius 3 is 2.77 bits per heavy atom. The Morgan fingerprint density at radius 2 is 2.31 bits per heavy atom. The molecule has 0 unspecified atom stereocenters. The molecule has 0 saturated heterocycles. The summed E-state index contributed by atoms with van der Waals surface area (Å²) >= 11 is 0. The van der Waals surface area contributed by atoms with E-state index in [4.69, 9.17) is 10.3 Å². The van der Waals surface area contributed by atoms with E-state index in [9.17, 15) is 8.42 Å². The summed E-state index contributed by atoms with van der Waals surface area (Å²) in [6, 6.07) is 1.62.